The van der Waals surface area contributed by atoms with Crippen molar-refractivity contribution in [2.75, 3.05) is 12.3 Å². The summed E-state index contributed by atoms with van der Waals surface area (Å²) >= 11 is 0. The Labute approximate surface area is 145 Å². The summed E-state index contributed by atoms with van der Waals surface area (Å²) in [7, 11) is 1.23. The van der Waals surface area contributed by atoms with Crippen LogP contribution in [0.5, 0.6) is 0 Å². The molecular formula is C18H19F6P. The van der Waals surface area contributed by atoms with Crippen LogP contribution in [0.4, 0.5) is 26.3 Å². The smallest absolute Gasteiger partial charge is 0.195 e. The Morgan fingerprint density at radius 3 is 1.28 bits per heavy atom. The van der Waals surface area contributed by atoms with Gasteiger partial charge in [0.25, 0.3) is 0 Å². The quantitative estimate of drug-likeness (QED) is 0.235. The molecule has 0 radical (unpaired) electrons. The van der Waals surface area contributed by atoms with Crippen molar-refractivity contribution in [3.8, 4) is 11.1 Å². The van der Waals surface area contributed by atoms with E-state index in [4.69, 9.17) is 0 Å². The maximum atomic E-state index is 13.4. The molecule has 0 fully saturated rings. The number of hydrogen-bond donors (Lipinski definition) is 0. The van der Waals surface area contributed by atoms with E-state index >= 15 is 0 Å². The lowest BCUT2D eigenvalue weighted by atomic mass is 10.0. The molecule has 2 aromatic carbocycles. The van der Waals surface area contributed by atoms with E-state index in [0.29, 0.717) is 12.1 Å². The van der Waals surface area contributed by atoms with Gasteiger partial charge in [-0.25, -0.2) is 26.3 Å². The van der Waals surface area contributed by atoms with Crippen LogP contribution in [0.1, 0.15) is 26.7 Å². The lowest BCUT2D eigenvalue weighted by molar-refractivity contribution is 0.442. The molecule has 0 spiro atoms. The van der Waals surface area contributed by atoms with Gasteiger partial charge < -0.3 is 0 Å². The van der Waals surface area contributed by atoms with Crippen LogP contribution in [0.15, 0.2) is 24.3 Å². The molecule has 0 saturated carbocycles. The first-order valence-corrected chi connectivity index (χ1v) is 9.24. The maximum absolute atomic E-state index is 13.4. The van der Waals surface area contributed by atoms with Gasteiger partial charge in [0, 0.05) is 11.1 Å². The Kier molecular flexibility index (Phi) is 8.98. The van der Waals surface area contributed by atoms with Gasteiger partial charge in [0.2, 0.25) is 0 Å². The molecule has 2 rings (SSSR count). The summed E-state index contributed by atoms with van der Waals surface area (Å²) in [5.74, 6) is -9.87. The molecule has 138 valence electrons. The van der Waals surface area contributed by atoms with E-state index in [1.807, 2.05) is 0 Å². The number of benzene rings is 2. The lowest BCUT2D eigenvalue weighted by Crippen LogP contribution is -1.98. The highest BCUT2D eigenvalue weighted by atomic mass is 31.1. The predicted octanol–water partition coefficient (Wildman–Crippen LogP) is 6.67. The molecule has 0 aliphatic carbocycles. The average molecular weight is 380 g/mol. The van der Waals surface area contributed by atoms with E-state index in [9.17, 15) is 26.3 Å². The molecule has 0 saturated heterocycles. The van der Waals surface area contributed by atoms with Gasteiger partial charge in [0.05, 0.1) is 0 Å². The van der Waals surface area contributed by atoms with Crippen molar-refractivity contribution < 1.29 is 26.3 Å². The first-order chi connectivity index (χ1) is 11.8. The molecule has 0 aliphatic heterocycles. The van der Waals surface area contributed by atoms with Crippen LogP contribution in [0, 0.1) is 34.9 Å². The van der Waals surface area contributed by atoms with Gasteiger partial charge in [0.1, 0.15) is 0 Å². The first kappa shape index (κ1) is 21.5. The molecular weight excluding hydrogens is 361 g/mol. The molecule has 0 aromatic heterocycles. The topological polar surface area (TPSA) is 0 Å². The lowest BCUT2D eigenvalue weighted by Gasteiger charge is -2.07. The van der Waals surface area contributed by atoms with Gasteiger partial charge in [-0.2, -0.15) is 0 Å². The van der Waals surface area contributed by atoms with Crippen LogP contribution >= 0.6 is 8.58 Å². The van der Waals surface area contributed by atoms with E-state index < -0.39 is 46.0 Å². The van der Waals surface area contributed by atoms with Crippen LogP contribution in [0.3, 0.4) is 0 Å². The third-order valence-electron chi connectivity index (χ3n) is 3.21. The summed E-state index contributed by atoms with van der Waals surface area (Å²) in [5.41, 5.74) is -1.38. The predicted molar refractivity (Wildman–Crippen MR) is 90.3 cm³/mol. The first-order valence-electron chi connectivity index (χ1n) is 7.83. The molecule has 0 atom stereocenters. The molecule has 2 aromatic rings. The van der Waals surface area contributed by atoms with Gasteiger partial charge in [-0.15, -0.1) is 8.58 Å². The molecule has 0 heterocycles. The molecule has 0 nitrogen and oxygen atoms in total. The summed E-state index contributed by atoms with van der Waals surface area (Å²) in [6.45, 7) is 4.51. The zero-order chi connectivity index (χ0) is 19.0. The minimum Gasteiger partial charge on any atom is -0.204 e. The SMILES string of the molecule is CCCPCCC.Fc1ccc(-c2ccc(F)c(F)c2F)c(F)c1F. The molecule has 0 unspecified atom stereocenters. The highest BCUT2D eigenvalue weighted by Gasteiger charge is 2.20. The van der Waals surface area contributed by atoms with Gasteiger partial charge in [-0.05, 0) is 36.6 Å². The molecule has 7 heteroatoms. The van der Waals surface area contributed by atoms with Gasteiger partial charge in [0.15, 0.2) is 34.9 Å². The highest BCUT2D eigenvalue weighted by Crippen LogP contribution is 2.29. The van der Waals surface area contributed by atoms with Gasteiger partial charge >= 0.3 is 0 Å². The minimum atomic E-state index is -1.81. The third kappa shape index (κ3) is 5.74. The Hall–Kier alpha value is -1.55. The molecule has 0 amide bonds. The van der Waals surface area contributed by atoms with Crippen LogP contribution in [0.25, 0.3) is 11.1 Å². The maximum Gasteiger partial charge on any atom is 0.195 e. The second-order valence-corrected chi connectivity index (χ2v) is 6.70. The third-order valence-corrected chi connectivity index (χ3v) is 4.92. The summed E-state index contributed by atoms with van der Waals surface area (Å²) in [6, 6.07) is 2.61. The van der Waals surface area contributed by atoms with E-state index in [1.165, 1.54) is 33.7 Å². The molecule has 0 aliphatic rings. The van der Waals surface area contributed by atoms with Crippen molar-refractivity contribution in [2.24, 2.45) is 0 Å². The van der Waals surface area contributed by atoms with Crippen LogP contribution in [0.2, 0.25) is 0 Å². The van der Waals surface area contributed by atoms with E-state index in [0.717, 1.165) is 12.1 Å². The van der Waals surface area contributed by atoms with Crippen molar-refractivity contribution >= 4 is 8.58 Å². The van der Waals surface area contributed by atoms with E-state index in [-0.39, 0.29) is 0 Å². The number of hydrogen-bond acceptors (Lipinski definition) is 0. The van der Waals surface area contributed by atoms with E-state index in [2.05, 4.69) is 13.8 Å². The normalized spacial score (nSPS) is 10.4. The zero-order valence-electron chi connectivity index (χ0n) is 13.9. The fraction of sp³-hybridized carbons (Fsp3) is 0.333. The van der Waals surface area contributed by atoms with Crippen molar-refractivity contribution in [2.45, 2.75) is 26.7 Å². The van der Waals surface area contributed by atoms with Crippen molar-refractivity contribution in [1.82, 2.24) is 0 Å². The summed E-state index contributed by atoms with van der Waals surface area (Å²) in [6.07, 6.45) is 5.65. The Morgan fingerprint density at radius 2 is 0.960 bits per heavy atom. The van der Waals surface area contributed by atoms with Crippen molar-refractivity contribution in [1.29, 1.82) is 0 Å². The fourth-order valence-electron chi connectivity index (χ4n) is 1.95. The number of rotatable bonds is 5. The molecule has 0 N–H and O–H groups in total. The van der Waals surface area contributed by atoms with Gasteiger partial charge in [-0.3, -0.25) is 0 Å². The Balaban J connectivity index is 0.000000381. The van der Waals surface area contributed by atoms with E-state index in [1.54, 1.807) is 0 Å². The summed E-state index contributed by atoms with van der Waals surface area (Å²) in [4.78, 5) is 0. The fourth-order valence-corrected chi connectivity index (χ4v) is 2.90. The summed E-state index contributed by atoms with van der Waals surface area (Å²) in [5, 5.41) is 0. The average Bonchev–Trinajstić information content (AvgIpc) is 2.60. The van der Waals surface area contributed by atoms with Gasteiger partial charge in [-0.1, -0.05) is 26.7 Å². The molecule has 0 bridgehead atoms. The Morgan fingerprint density at radius 1 is 0.600 bits per heavy atom. The zero-order valence-corrected chi connectivity index (χ0v) is 14.9. The second kappa shape index (κ2) is 10.4. The highest BCUT2D eigenvalue weighted by molar-refractivity contribution is 7.37. The minimum absolute atomic E-state index is 0.564. The number of halogens is 6. The second-order valence-electron chi connectivity index (χ2n) is 5.20. The van der Waals surface area contributed by atoms with Crippen LogP contribution in [-0.2, 0) is 0 Å². The standard InChI is InChI=1S/C12H4F6.C6H15P/c13-7-3-1-5(9(15)11(7)17)6-2-4-8(14)12(18)10(6)16;1-3-5-7-6-4-2/h1-4H;7H,3-6H2,1-2H3. The van der Waals surface area contributed by atoms with Crippen molar-refractivity contribution in [3.05, 3.63) is 59.2 Å². The summed E-state index contributed by atoms with van der Waals surface area (Å²) < 4.78 is 78.0. The van der Waals surface area contributed by atoms with Crippen molar-refractivity contribution in [3.63, 3.8) is 0 Å². The Bertz CT molecular complexity index is 643. The monoisotopic (exact) mass is 380 g/mol. The largest absolute Gasteiger partial charge is 0.204 e. The van der Waals surface area contributed by atoms with Crippen LogP contribution in [-0.4, -0.2) is 12.3 Å². The molecule has 25 heavy (non-hydrogen) atoms. The van der Waals surface area contributed by atoms with Crippen LogP contribution < -0.4 is 0 Å².